The third-order valence-electron chi connectivity index (χ3n) is 3.01. The van der Waals surface area contributed by atoms with Gasteiger partial charge in [-0.1, -0.05) is 40.5 Å². The first-order chi connectivity index (χ1) is 10.8. The molecule has 0 fully saturated rings. The molecule has 0 saturated carbocycles. The predicted molar refractivity (Wildman–Crippen MR) is 100.0 cm³/mol. The molecule has 130 valence electrons. The lowest BCUT2D eigenvalue weighted by Crippen LogP contribution is -2.20. The van der Waals surface area contributed by atoms with Crippen molar-refractivity contribution < 1.29 is 9.53 Å². The number of aromatic nitrogens is 1. The monoisotopic (exact) mass is 356 g/mol. The number of unbranched alkanes of at least 4 members (excludes halogenated alkanes) is 1. The Hall–Kier alpha value is -0.880. The second-order valence-electron chi connectivity index (χ2n) is 6.37. The van der Waals surface area contributed by atoms with Gasteiger partial charge in [-0.2, -0.15) is 0 Å². The number of hydrogen-bond donors (Lipinski definition) is 1. The summed E-state index contributed by atoms with van der Waals surface area (Å²) in [5.74, 6) is 0.815. The Kier molecular flexibility index (Phi) is 8.84. The summed E-state index contributed by atoms with van der Waals surface area (Å²) >= 11 is 3.62. The van der Waals surface area contributed by atoms with E-state index in [0.717, 1.165) is 30.7 Å². The van der Waals surface area contributed by atoms with Crippen LogP contribution in [0.4, 0.5) is 4.79 Å². The van der Waals surface area contributed by atoms with Crippen LogP contribution in [0.15, 0.2) is 23.2 Å². The van der Waals surface area contributed by atoms with Gasteiger partial charge in [-0.25, -0.2) is 4.79 Å². The molecule has 0 radical (unpaired) electrons. The Labute approximate surface area is 148 Å². The fraction of sp³-hybridized carbons (Fsp3) is 0.647. The normalized spacial score (nSPS) is 12.9. The Morgan fingerprint density at radius 3 is 2.78 bits per heavy atom. The molecule has 1 aromatic heterocycles. The molecule has 1 rings (SSSR count). The van der Waals surface area contributed by atoms with Crippen LogP contribution in [0.2, 0.25) is 0 Å². The lowest BCUT2D eigenvalue weighted by atomic mass is 10.2. The first-order valence-electron chi connectivity index (χ1n) is 7.98. The summed E-state index contributed by atoms with van der Waals surface area (Å²) in [5.41, 5.74) is 6.18. The third kappa shape index (κ3) is 9.11. The van der Waals surface area contributed by atoms with Crippen molar-refractivity contribution in [2.45, 2.75) is 67.6 Å². The number of carbonyl (C=O) groups is 1. The van der Waals surface area contributed by atoms with E-state index in [1.54, 1.807) is 11.8 Å². The zero-order valence-corrected chi connectivity index (χ0v) is 16.1. The summed E-state index contributed by atoms with van der Waals surface area (Å²) in [6.45, 7) is 9.13. The van der Waals surface area contributed by atoms with E-state index in [2.05, 4.69) is 38.7 Å². The molecule has 0 spiro atoms. The zero-order chi connectivity index (χ0) is 17.3. The molecule has 1 heterocycles. The molecule has 0 aliphatic carbocycles. The topological polar surface area (TPSA) is 65.2 Å². The lowest BCUT2D eigenvalue weighted by molar-refractivity contribution is 0.156. The minimum atomic E-state index is -0.700. The minimum absolute atomic E-state index is 0.152. The highest BCUT2D eigenvalue weighted by atomic mass is 32.2. The van der Waals surface area contributed by atoms with Crippen molar-refractivity contribution in [3.63, 3.8) is 0 Å². The lowest BCUT2D eigenvalue weighted by Gasteiger charge is -2.20. The van der Waals surface area contributed by atoms with Gasteiger partial charge in [0.25, 0.3) is 0 Å². The SMILES string of the molecule is CCCCC(COC(N)=O)SCc1ncccc1SC(C)(C)C. The van der Waals surface area contributed by atoms with Crippen LogP contribution in [-0.2, 0) is 10.5 Å². The standard InChI is InChI=1S/C17H28N2O2S2/c1-5-6-8-13(11-21-16(18)20)22-12-14-15(9-7-10-19-14)23-17(2,3)4/h7,9-10,13H,5-6,8,11-12H2,1-4H3,(H2,18,20). The van der Waals surface area contributed by atoms with E-state index in [1.807, 2.05) is 24.0 Å². The fourth-order valence-corrected chi connectivity index (χ4v) is 4.23. The molecule has 4 nitrogen and oxygen atoms in total. The van der Waals surface area contributed by atoms with E-state index in [9.17, 15) is 4.79 Å². The Morgan fingerprint density at radius 2 is 2.17 bits per heavy atom. The summed E-state index contributed by atoms with van der Waals surface area (Å²) in [6, 6.07) is 4.10. The maximum absolute atomic E-state index is 10.8. The Morgan fingerprint density at radius 1 is 1.43 bits per heavy atom. The second kappa shape index (κ2) is 10.1. The van der Waals surface area contributed by atoms with E-state index in [-0.39, 0.29) is 10.00 Å². The number of nitrogens with zero attached hydrogens (tertiary/aromatic N) is 1. The van der Waals surface area contributed by atoms with Gasteiger partial charge in [-0.3, -0.25) is 4.98 Å². The molecule has 0 aliphatic heterocycles. The molecule has 1 unspecified atom stereocenters. The average Bonchev–Trinajstić information content (AvgIpc) is 2.46. The largest absolute Gasteiger partial charge is 0.449 e. The molecule has 1 aromatic rings. The van der Waals surface area contributed by atoms with E-state index < -0.39 is 6.09 Å². The Balaban J connectivity index is 2.66. The minimum Gasteiger partial charge on any atom is -0.449 e. The Bertz CT molecular complexity index is 490. The second-order valence-corrected chi connectivity index (χ2v) is 9.53. The van der Waals surface area contributed by atoms with Crippen molar-refractivity contribution >= 4 is 29.6 Å². The van der Waals surface area contributed by atoms with E-state index >= 15 is 0 Å². The molecule has 0 aromatic carbocycles. The van der Waals surface area contributed by atoms with E-state index in [0.29, 0.717) is 6.61 Å². The van der Waals surface area contributed by atoms with Gasteiger partial charge in [0.15, 0.2) is 0 Å². The number of ether oxygens (including phenoxy) is 1. The van der Waals surface area contributed by atoms with Crippen LogP contribution in [0.3, 0.4) is 0 Å². The molecule has 0 saturated heterocycles. The van der Waals surface area contributed by atoms with Gasteiger partial charge in [-0.05, 0) is 18.6 Å². The highest BCUT2D eigenvalue weighted by Gasteiger charge is 2.17. The molecule has 0 bridgehead atoms. The summed E-state index contributed by atoms with van der Waals surface area (Å²) in [4.78, 5) is 16.6. The number of carbonyl (C=O) groups excluding carboxylic acids is 1. The number of thioether (sulfide) groups is 2. The molecule has 0 aliphatic rings. The van der Waals surface area contributed by atoms with Crippen LogP contribution < -0.4 is 5.73 Å². The maximum atomic E-state index is 10.8. The van der Waals surface area contributed by atoms with Gasteiger partial charge in [0.2, 0.25) is 0 Å². The molecule has 23 heavy (non-hydrogen) atoms. The van der Waals surface area contributed by atoms with Crippen molar-refractivity contribution in [1.29, 1.82) is 0 Å². The number of primary amides is 1. The molecular weight excluding hydrogens is 328 g/mol. The van der Waals surface area contributed by atoms with Crippen LogP contribution in [0.25, 0.3) is 0 Å². The van der Waals surface area contributed by atoms with E-state index in [4.69, 9.17) is 10.5 Å². The van der Waals surface area contributed by atoms with Crippen molar-refractivity contribution in [2.75, 3.05) is 6.61 Å². The molecule has 6 heteroatoms. The quantitative estimate of drug-likeness (QED) is 0.640. The summed E-state index contributed by atoms with van der Waals surface area (Å²) in [5, 5.41) is 0.261. The van der Waals surface area contributed by atoms with Crippen molar-refractivity contribution in [3.05, 3.63) is 24.0 Å². The van der Waals surface area contributed by atoms with Crippen LogP contribution in [0.1, 0.15) is 52.7 Å². The number of hydrogen-bond acceptors (Lipinski definition) is 5. The summed E-state index contributed by atoms with van der Waals surface area (Å²) < 4.78 is 5.14. The van der Waals surface area contributed by atoms with Crippen molar-refractivity contribution in [1.82, 2.24) is 4.98 Å². The van der Waals surface area contributed by atoms with Gasteiger partial charge in [0.1, 0.15) is 6.61 Å². The number of pyridine rings is 1. The predicted octanol–water partition coefficient (Wildman–Crippen LogP) is 4.86. The third-order valence-corrected chi connectivity index (χ3v) is 5.50. The molecule has 2 N–H and O–H groups in total. The van der Waals surface area contributed by atoms with Gasteiger partial charge < -0.3 is 10.5 Å². The zero-order valence-electron chi connectivity index (χ0n) is 14.5. The van der Waals surface area contributed by atoms with Gasteiger partial charge in [0, 0.05) is 26.8 Å². The van der Waals surface area contributed by atoms with Gasteiger partial charge in [-0.15, -0.1) is 23.5 Å². The number of rotatable bonds is 9. The summed E-state index contributed by atoms with van der Waals surface area (Å²) in [7, 11) is 0. The highest BCUT2D eigenvalue weighted by molar-refractivity contribution is 8.01. The molecule has 1 amide bonds. The molecular formula is C17H28N2O2S2. The number of amides is 1. The van der Waals surface area contributed by atoms with Crippen LogP contribution >= 0.6 is 23.5 Å². The van der Waals surface area contributed by atoms with Crippen LogP contribution in [-0.4, -0.2) is 27.7 Å². The fourth-order valence-electron chi connectivity index (χ4n) is 1.97. The summed E-state index contributed by atoms with van der Waals surface area (Å²) in [6.07, 6.45) is 4.40. The van der Waals surface area contributed by atoms with Crippen molar-refractivity contribution in [2.24, 2.45) is 5.73 Å². The van der Waals surface area contributed by atoms with Crippen LogP contribution in [0, 0.1) is 0 Å². The highest BCUT2D eigenvalue weighted by Crippen LogP contribution is 2.35. The smallest absolute Gasteiger partial charge is 0.404 e. The molecule has 1 atom stereocenters. The maximum Gasteiger partial charge on any atom is 0.404 e. The van der Waals surface area contributed by atoms with Gasteiger partial charge in [0.05, 0.1) is 5.69 Å². The first kappa shape index (κ1) is 20.2. The van der Waals surface area contributed by atoms with Gasteiger partial charge >= 0.3 is 6.09 Å². The average molecular weight is 357 g/mol. The van der Waals surface area contributed by atoms with E-state index in [1.165, 1.54) is 4.90 Å². The first-order valence-corrected chi connectivity index (χ1v) is 9.85. The van der Waals surface area contributed by atoms with Crippen molar-refractivity contribution in [3.8, 4) is 0 Å². The number of nitrogens with two attached hydrogens (primary N) is 1. The van der Waals surface area contributed by atoms with Crippen LogP contribution in [0.5, 0.6) is 0 Å².